The minimum atomic E-state index is -4.80. The van der Waals surface area contributed by atoms with Crippen LogP contribution in [0.15, 0.2) is 12.1 Å². The fourth-order valence-electron chi connectivity index (χ4n) is 5.29. The zero-order valence-corrected chi connectivity index (χ0v) is 21.0. The number of carboxylic acid groups (broad SMARTS) is 1. The zero-order valence-electron chi connectivity index (χ0n) is 21.0. The number of amides is 1. The quantitative estimate of drug-likeness (QED) is 0.551. The summed E-state index contributed by atoms with van der Waals surface area (Å²) < 4.78 is 49.0. The van der Waals surface area contributed by atoms with E-state index in [4.69, 9.17) is 4.74 Å². The van der Waals surface area contributed by atoms with Crippen LogP contribution in [0.2, 0.25) is 0 Å². The number of hydrogen-bond donors (Lipinski definition) is 1. The van der Waals surface area contributed by atoms with Crippen molar-refractivity contribution in [2.75, 3.05) is 7.05 Å². The number of halogens is 3. The number of carbonyl (C=O) groups is 2. The normalized spacial score (nSPS) is 20.7. The maximum atomic E-state index is 14.0. The number of ether oxygens (including phenoxy) is 1. The van der Waals surface area contributed by atoms with Crippen molar-refractivity contribution in [2.45, 2.75) is 82.5 Å². The molecule has 2 heterocycles. The maximum Gasteiger partial charge on any atom is 0.437 e. The number of pyridine rings is 1. The Kier molecular flexibility index (Phi) is 8.03. The molecule has 1 N–H and O–H groups in total. The van der Waals surface area contributed by atoms with Gasteiger partial charge >= 0.3 is 12.1 Å². The first-order chi connectivity index (χ1) is 17.5. The van der Waals surface area contributed by atoms with Crippen molar-refractivity contribution in [1.29, 1.82) is 0 Å². The second-order valence-electron chi connectivity index (χ2n) is 9.93. The van der Waals surface area contributed by atoms with Crippen LogP contribution in [0.25, 0.3) is 11.4 Å². The summed E-state index contributed by atoms with van der Waals surface area (Å²) in [6.45, 7) is 0. The molecule has 2 aromatic heterocycles. The third kappa shape index (κ3) is 6.22. The Hall–Kier alpha value is -3.18. The molecule has 4 rings (SSSR count). The number of aliphatic carboxylic acids is 1. The van der Waals surface area contributed by atoms with Crippen molar-refractivity contribution in [3.8, 4) is 17.1 Å². The van der Waals surface area contributed by atoms with Crippen molar-refractivity contribution in [3.63, 3.8) is 0 Å². The number of aromatic nitrogens is 4. The van der Waals surface area contributed by atoms with Gasteiger partial charge in [0.1, 0.15) is 5.69 Å². The van der Waals surface area contributed by atoms with Crippen LogP contribution in [0.4, 0.5) is 13.2 Å². The Morgan fingerprint density at radius 2 is 1.89 bits per heavy atom. The van der Waals surface area contributed by atoms with Gasteiger partial charge in [0.2, 0.25) is 5.91 Å². The molecule has 37 heavy (non-hydrogen) atoms. The summed E-state index contributed by atoms with van der Waals surface area (Å²) in [6, 6.07) is 2.82. The van der Waals surface area contributed by atoms with Crippen LogP contribution >= 0.6 is 0 Å². The average Bonchev–Trinajstić information content (AvgIpc) is 3.52. The topological polar surface area (TPSA) is 110 Å². The molecule has 2 fully saturated rings. The van der Waals surface area contributed by atoms with Crippen molar-refractivity contribution >= 4 is 11.9 Å². The lowest BCUT2D eigenvalue weighted by Gasteiger charge is -2.28. The van der Waals surface area contributed by atoms with Gasteiger partial charge in [0.25, 0.3) is 0 Å². The van der Waals surface area contributed by atoms with Gasteiger partial charge in [-0.3, -0.25) is 14.3 Å². The summed E-state index contributed by atoms with van der Waals surface area (Å²) in [7, 11) is 3.42. The van der Waals surface area contributed by atoms with Crippen LogP contribution in [-0.4, -0.2) is 61.1 Å². The highest BCUT2D eigenvalue weighted by Crippen LogP contribution is 2.38. The molecule has 12 heteroatoms. The maximum absolute atomic E-state index is 14.0. The molecule has 0 saturated heterocycles. The first-order valence-electron chi connectivity index (χ1n) is 12.7. The molecule has 0 aromatic carbocycles. The Morgan fingerprint density at radius 1 is 1.16 bits per heavy atom. The van der Waals surface area contributed by atoms with Crippen LogP contribution in [0.5, 0.6) is 5.75 Å². The van der Waals surface area contributed by atoms with E-state index in [-0.39, 0.29) is 42.6 Å². The van der Waals surface area contributed by atoms with Crippen LogP contribution in [0.3, 0.4) is 0 Å². The van der Waals surface area contributed by atoms with Crippen molar-refractivity contribution < 1.29 is 32.6 Å². The van der Waals surface area contributed by atoms with E-state index in [0.29, 0.717) is 25.0 Å². The Morgan fingerprint density at radius 3 is 2.57 bits per heavy atom. The zero-order chi connectivity index (χ0) is 26.7. The fraction of sp³-hybridized carbons (Fsp3) is 0.640. The molecule has 0 aliphatic heterocycles. The van der Waals surface area contributed by atoms with Gasteiger partial charge in [-0.2, -0.15) is 13.2 Å². The molecule has 2 saturated carbocycles. The van der Waals surface area contributed by atoms with Crippen molar-refractivity contribution in [1.82, 2.24) is 24.9 Å². The minimum Gasteiger partial charge on any atom is -0.488 e. The van der Waals surface area contributed by atoms with E-state index in [0.717, 1.165) is 25.7 Å². The molecular formula is C25H32F3N5O4. The van der Waals surface area contributed by atoms with Crippen LogP contribution in [0.1, 0.15) is 69.2 Å². The summed E-state index contributed by atoms with van der Waals surface area (Å²) in [5.41, 5.74) is -0.527. The first-order valence-corrected chi connectivity index (χ1v) is 12.7. The van der Waals surface area contributed by atoms with Crippen LogP contribution in [0, 0.1) is 5.92 Å². The highest BCUT2D eigenvalue weighted by Gasteiger charge is 2.39. The van der Waals surface area contributed by atoms with Gasteiger partial charge in [-0.15, -0.1) is 5.10 Å². The molecule has 0 radical (unpaired) electrons. The monoisotopic (exact) mass is 523 g/mol. The first kappa shape index (κ1) is 26.9. The molecule has 1 amide bonds. The molecular weight excluding hydrogens is 491 g/mol. The predicted octanol–water partition coefficient (Wildman–Crippen LogP) is 4.25. The smallest absolute Gasteiger partial charge is 0.437 e. The fourth-order valence-corrected chi connectivity index (χ4v) is 5.29. The third-order valence-corrected chi connectivity index (χ3v) is 7.42. The van der Waals surface area contributed by atoms with Gasteiger partial charge in [0, 0.05) is 33.0 Å². The largest absolute Gasteiger partial charge is 0.488 e. The predicted molar refractivity (Wildman–Crippen MR) is 127 cm³/mol. The Bertz CT molecular complexity index is 1130. The Labute approximate surface area is 213 Å². The molecule has 202 valence electrons. The van der Waals surface area contributed by atoms with Crippen molar-refractivity contribution in [3.05, 3.63) is 23.5 Å². The van der Waals surface area contributed by atoms with E-state index in [9.17, 15) is 27.9 Å². The van der Waals surface area contributed by atoms with Crippen LogP contribution in [-0.2, 0) is 29.2 Å². The molecule has 9 nitrogen and oxygen atoms in total. The van der Waals surface area contributed by atoms with E-state index in [1.165, 1.54) is 16.8 Å². The number of alkyl halides is 3. The van der Waals surface area contributed by atoms with Gasteiger partial charge in [-0.25, -0.2) is 4.98 Å². The third-order valence-electron chi connectivity index (χ3n) is 7.42. The lowest BCUT2D eigenvalue weighted by Crippen LogP contribution is -2.35. The SMILES string of the molecule is CN(C(=O)CCc1c(-c2ccc(O[C@H]3CCC[C@H](C(=O)O)C3)c(C(F)(F)F)n2)nnn1C)C1CCCC1. The van der Waals surface area contributed by atoms with E-state index in [2.05, 4.69) is 15.3 Å². The molecule has 2 aliphatic carbocycles. The highest BCUT2D eigenvalue weighted by atomic mass is 19.4. The van der Waals surface area contributed by atoms with Crippen LogP contribution < -0.4 is 4.74 Å². The lowest BCUT2D eigenvalue weighted by atomic mass is 9.87. The van der Waals surface area contributed by atoms with E-state index >= 15 is 0 Å². The second kappa shape index (κ2) is 11.1. The molecule has 0 spiro atoms. The Balaban J connectivity index is 1.53. The molecule has 0 unspecified atom stereocenters. The van der Waals surface area contributed by atoms with E-state index < -0.39 is 35.6 Å². The average molecular weight is 524 g/mol. The molecule has 2 aromatic rings. The highest BCUT2D eigenvalue weighted by molar-refractivity contribution is 5.77. The van der Waals surface area contributed by atoms with Gasteiger partial charge in [-0.1, -0.05) is 18.1 Å². The van der Waals surface area contributed by atoms with Gasteiger partial charge in [0.05, 0.1) is 23.4 Å². The number of carboxylic acids is 1. The van der Waals surface area contributed by atoms with E-state index in [1.54, 1.807) is 19.0 Å². The summed E-state index contributed by atoms with van der Waals surface area (Å²) in [6.07, 6.45) is 0.834. The standard InChI is InChI=1S/C25H32F3N5O4/c1-32(16-7-3-4-8-16)21(34)13-11-19-22(30-31-33(19)2)18-10-12-20(23(29-18)25(26,27)28)37-17-9-5-6-15(14-17)24(35)36/h10,12,15-17H,3-9,11,13-14H2,1-2H3,(H,35,36)/t15-,17-/m0/s1. The summed E-state index contributed by atoms with van der Waals surface area (Å²) in [5.74, 6) is -2.08. The summed E-state index contributed by atoms with van der Waals surface area (Å²) in [5, 5.41) is 17.3. The number of nitrogens with zero attached hydrogens (tertiary/aromatic N) is 5. The van der Waals surface area contributed by atoms with Gasteiger partial charge in [-0.05, 0) is 50.7 Å². The molecule has 2 aliphatic rings. The van der Waals surface area contributed by atoms with Crippen molar-refractivity contribution in [2.24, 2.45) is 13.0 Å². The van der Waals surface area contributed by atoms with Gasteiger partial charge in [0.15, 0.2) is 11.4 Å². The number of rotatable bonds is 8. The minimum absolute atomic E-state index is 0.0218. The second-order valence-corrected chi connectivity index (χ2v) is 9.93. The van der Waals surface area contributed by atoms with Gasteiger partial charge < -0.3 is 14.7 Å². The number of carbonyl (C=O) groups excluding carboxylic acids is 1. The molecule has 0 bridgehead atoms. The van der Waals surface area contributed by atoms with E-state index in [1.807, 2.05) is 0 Å². The molecule has 2 atom stereocenters. The summed E-state index contributed by atoms with van der Waals surface area (Å²) in [4.78, 5) is 29.7. The number of aryl methyl sites for hydroxylation is 1. The summed E-state index contributed by atoms with van der Waals surface area (Å²) >= 11 is 0. The lowest BCUT2D eigenvalue weighted by molar-refractivity contribution is -0.146. The number of hydrogen-bond acceptors (Lipinski definition) is 6.